The number of fused-ring (bicyclic) bond motifs is 1. The number of aromatic hydroxyl groups is 1. The minimum absolute atomic E-state index is 0. The van der Waals surface area contributed by atoms with Crippen molar-refractivity contribution in [2.24, 2.45) is 0 Å². The third-order valence-corrected chi connectivity index (χ3v) is 11.5. The summed E-state index contributed by atoms with van der Waals surface area (Å²) in [6, 6.07) is 21.9. The Morgan fingerprint density at radius 3 is 2.06 bits per heavy atom. The molecular weight excluding hydrogens is 986 g/mol. The van der Waals surface area contributed by atoms with Gasteiger partial charge in [-0.1, -0.05) is 179 Å². The summed E-state index contributed by atoms with van der Waals surface area (Å²) in [5.41, 5.74) is -10.6. The largest absolute Gasteiger partial charge is 0.507 e. The van der Waals surface area contributed by atoms with Gasteiger partial charge in [0.05, 0.1) is 29.1 Å². The second kappa shape index (κ2) is 18.3. The van der Waals surface area contributed by atoms with Crippen molar-refractivity contribution in [3.63, 3.8) is 0 Å². The zero-order chi connectivity index (χ0) is 69.5. The molecule has 0 amide bonds. The number of pyridine rings is 1. The molecule has 66 heavy (non-hydrogen) atoms. The molecule has 0 bridgehead atoms. The number of phenolic OH excluding ortho intramolecular Hbond substituents is 1. The van der Waals surface area contributed by atoms with Crippen LogP contribution in [0.5, 0.6) is 5.75 Å². The first-order valence-electron chi connectivity index (χ1n) is 34.5. The summed E-state index contributed by atoms with van der Waals surface area (Å²) < 4.78 is 238. The first-order chi connectivity index (χ1) is 41.7. The number of aromatic nitrogens is 3. The van der Waals surface area contributed by atoms with E-state index < -0.39 is 134 Å². The van der Waals surface area contributed by atoms with Crippen molar-refractivity contribution in [2.75, 3.05) is 0 Å². The van der Waals surface area contributed by atoms with Gasteiger partial charge in [0.2, 0.25) is 0 Å². The van der Waals surface area contributed by atoms with Gasteiger partial charge in [-0.25, -0.2) is 4.98 Å². The van der Waals surface area contributed by atoms with Gasteiger partial charge < -0.3 is 5.11 Å². The maximum atomic E-state index is 13.1. The van der Waals surface area contributed by atoms with Gasteiger partial charge >= 0.3 is 0 Å². The van der Waals surface area contributed by atoms with Crippen molar-refractivity contribution in [1.29, 1.82) is 0 Å². The van der Waals surface area contributed by atoms with Crippen LogP contribution in [0.2, 0.25) is 0 Å². The van der Waals surface area contributed by atoms with E-state index in [0.29, 0.717) is 28.3 Å². The Bertz CT molecular complexity index is 4110. The third kappa shape index (κ3) is 9.63. The Hall–Kier alpha value is -5.57. The number of hydrogen-bond donors (Lipinski definition) is 1. The molecule has 5 heteroatoms. The zero-order valence-corrected chi connectivity index (χ0v) is 39.7. The molecule has 0 saturated heterocycles. The minimum Gasteiger partial charge on any atom is -0.507 e. The maximum absolute atomic E-state index is 13.1. The van der Waals surface area contributed by atoms with E-state index in [1.807, 2.05) is 46.8 Å². The van der Waals surface area contributed by atoms with Crippen LogP contribution >= 0.6 is 0 Å². The van der Waals surface area contributed by atoms with Crippen LogP contribution in [0.15, 0.2) is 127 Å². The Balaban J connectivity index is 0.0000123. The molecule has 0 aliphatic rings. The molecule has 8 rings (SSSR count). The molecule has 0 spiro atoms. The Morgan fingerprint density at radius 2 is 1.38 bits per heavy atom. The summed E-state index contributed by atoms with van der Waals surface area (Å²) in [5, 5.41) is 13.1. The molecule has 2 heterocycles. The molecule has 0 saturated carbocycles. The van der Waals surface area contributed by atoms with Gasteiger partial charge in [0, 0.05) is 68.7 Å². The predicted molar refractivity (Wildman–Crippen MR) is 276 cm³/mol. The van der Waals surface area contributed by atoms with Crippen molar-refractivity contribution in [3.05, 3.63) is 167 Å². The number of phenols is 1. The maximum Gasteiger partial charge on any atom is 0.148 e. The molecule has 342 valence electrons. The van der Waals surface area contributed by atoms with E-state index in [-0.39, 0.29) is 83.3 Å². The van der Waals surface area contributed by atoms with E-state index in [4.69, 9.17) is 37.9 Å². The molecule has 8 aromatic rings. The Kier molecular flexibility index (Phi) is 6.76. The number of aryl methyl sites for hydroxylation is 1. The zero-order valence-electron chi connectivity index (χ0n) is 64.4. The van der Waals surface area contributed by atoms with Crippen LogP contribution in [0.4, 0.5) is 0 Å². The molecular formula is C61H66N3OPt-. The fourth-order valence-electron chi connectivity index (χ4n) is 7.81. The van der Waals surface area contributed by atoms with Crippen LogP contribution in [0, 0.1) is 12.9 Å². The van der Waals surface area contributed by atoms with E-state index in [9.17, 15) is 9.22 Å². The fourth-order valence-corrected chi connectivity index (χ4v) is 7.81. The Morgan fingerprint density at radius 1 is 0.682 bits per heavy atom. The van der Waals surface area contributed by atoms with E-state index in [0.717, 1.165) is 10.1 Å². The molecule has 0 atom stereocenters. The smallest absolute Gasteiger partial charge is 0.148 e. The number of hydrogen-bond acceptors (Lipinski definition) is 3. The topological polar surface area (TPSA) is 50.9 Å². The van der Waals surface area contributed by atoms with Gasteiger partial charge in [0.1, 0.15) is 11.6 Å². The third-order valence-electron chi connectivity index (χ3n) is 11.5. The monoisotopic (exact) mass is 1080 g/mol. The van der Waals surface area contributed by atoms with Crippen molar-refractivity contribution >= 4 is 11.0 Å². The van der Waals surface area contributed by atoms with E-state index in [1.165, 1.54) is 48.7 Å². The van der Waals surface area contributed by atoms with Gasteiger partial charge in [-0.3, -0.25) is 9.55 Å². The van der Waals surface area contributed by atoms with Crippen LogP contribution in [-0.2, 0) is 37.3 Å². The Labute approximate surface area is 446 Å². The second-order valence-electron chi connectivity index (χ2n) is 18.0. The van der Waals surface area contributed by atoms with Gasteiger partial charge in [-0.15, -0.1) is 29.3 Å². The quantitative estimate of drug-likeness (QED) is 0.154. The standard InChI is InChI=1S/C61H66N3O.Pt/c1-37(2)43-28-44(38(3)4)30-45(29-43)41-23-24-54(39(5)27-41)64-55-22-18-21-50(56(55)63-58(64)51-35-49(60(9,10)11)36-52(57(51)65)61(12,13)14)46-31-47(33-48(32-46)59(6,7)8)53-34-42(25-26-62-53)40-19-16-15-17-20-40;/h15-30,32-38,65H,1-14H3;/q-1;/i5D3,9D3,10D3,11D3,12D3,13D3,14D3,15D,16D,17D,19D,20D,37D;. The SMILES string of the molecule is [2H]c1c([2H])c([2H])c(-c2ccnc(-c3[c-]c(-c4cccc5c4nc(-c4cc(C(C([2H])([2H])[2H])(C([2H])([2H])[2H])C([2H])([2H])[2H])cc(C(C([2H])([2H])[2H])(C([2H])([2H])[2H])C([2H])([2H])[2H])c4O)n5-c4ccc(-c5cc(C(C)C)cc(C([2H])(C)C)c5)cc4C([2H])([2H])[2H])cc(C(C)(C)C)c3)c2)c([2H])c1[2H].[Pt]. The van der Waals surface area contributed by atoms with Crippen LogP contribution < -0.4 is 0 Å². The molecule has 0 aliphatic heterocycles. The summed E-state index contributed by atoms with van der Waals surface area (Å²) in [6.07, 6.45) is 1.37. The normalized spacial score (nSPS) is 19.8. The van der Waals surface area contributed by atoms with Gasteiger partial charge in [-0.2, -0.15) is 0 Å². The van der Waals surface area contributed by atoms with Crippen molar-refractivity contribution in [1.82, 2.24) is 14.5 Å². The fraction of sp³-hybridized carbons (Fsp3) is 0.311. The molecule has 0 aliphatic carbocycles. The van der Waals surface area contributed by atoms with Crippen molar-refractivity contribution in [3.8, 4) is 67.5 Å². The number of imidazole rings is 1. The summed E-state index contributed by atoms with van der Waals surface area (Å²) in [7, 11) is 0. The number of rotatable bonds is 8. The van der Waals surface area contributed by atoms with Crippen molar-refractivity contribution in [2.45, 2.75) is 124 Å². The molecule has 1 N–H and O–H groups in total. The molecule has 0 fully saturated rings. The van der Waals surface area contributed by atoms with Gasteiger partial charge in [0.15, 0.2) is 0 Å². The number of benzene rings is 6. The van der Waals surface area contributed by atoms with E-state index in [1.54, 1.807) is 38.1 Å². The van der Waals surface area contributed by atoms with E-state index >= 15 is 0 Å². The molecule has 0 radical (unpaired) electrons. The van der Waals surface area contributed by atoms with Crippen LogP contribution in [0.1, 0.15) is 172 Å². The molecule has 2 aromatic heterocycles. The summed E-state index contributed by atoms with van der Waals surface area (Å²) >= 11 is 0. The number of para-hydroxylation sites is 1. The molecule has 6 aromatic carbocycles. The average Bonchev–Trinajstić information content (AvgIpc) is 1.20. The van der Waals surface area contributed by atoms with Crippen LogP contribution in [0.3, 0.4) is 0 Å². The minimum atomic E-state index is -4.30. The van der Waals surface area contributed by atoms with E-state index in [2.05, 4.69) is 11.1 Å². The first-order valence-corrected chi connectivity index (χ1v) is 21.0. The van der Waals surface area contributed by atoms with Gasteiger partial charge in [-0.05, 0) is 110 Å². The second-order valence-corrected chi connectivity index (χ2v) is 18.0. The molecule has 4 nitrogen and oxygen atoms in total. The molecule has 0 unspecified atom stereocenters. The van der Waals surface area contributed by atoms with Crippen molar-refractivity contribution < 1.29 is 63.2 Å². The van der Waals surface area contributed by atoms with Crippen LogP contribution in [0.25, 0.3) is 72.7 Å². The summed E-state index contributed by atoms with van der Waals surface area (Å²) in [4.78, 5) is 9.61. The first kappa shape index (κ1) is 24.4. The summed E-state index contributed by atoms with van der Waals surface area (Å²) in [6.45, 7) is -15.6. The predicted octanol–water partition coefficient (Wildman–Crippen LogP) is 16.7. The van der Waals surface area contributed by atoms with Crippen LogP contribution in [-0.4, -0.2) is 19.6 Å². The summed E-state index contributed by atoms with van der Waals surface area (Å²) in [5.74, 6) is -3.54. The average molecular weight is 1080 g/mol. The van der Waals surface area contributed by atoms with Gasteiger partial charge in [0.25, 0.3) is 0 Å². The number of nitrogens with zero attached hydrogens (tertiary/aromatic N) is 3.